The van der Waals surface area contributed by atoms with Crippen LogP contribution in [0.3, 0.4) is 0 Å². The average molecular weight is 314 g/mol. The first-order valence-electron chi connectivity index (χ1n) is 6.65. The van der Waals surface area contributed by atoms with Crippen LogP contribution in [0, 0.1) is 11.6 Å². The van der Waals surface area contributed by atoms with Crippen molar-refractivity contribution < 1.29 is 18.3 Å². The van der Waals surface area contributed by atoms with Crippen LogP contribution in [-0.4, -0.2) is 30.2 Å². The number of anilines is 1. The smallest absolute Gasteiger partial charge is 0.325 e. The average Bonchev–Trinajstić information content (AvgIpc) is 3.24. The molecule has 0 amide bonds. The highest BCUT2D eigenvalue weighted by atomic mass is 32.1. The van der Waals surface area contributed by atoms with Gasteiger partial charge in [-0.15, -0.1) is 0 Å². The van der Waals surface area contributed by atoms with Crippen molar-refractivity contribution in [3.05, 3.63) is 29.3 Å². The lowest BCUT2D eigenvalue weighted by molar-refractivity contribution is -0.141. The minimum atomic E-state index is -1.09. The van der Waals surface area contributed by atoms with Gasteiger partial charge in [0.25, 0.3) is 0 Å². The highest BCUT2D eigenvalue weighted by Gasteiger charge is 2.33. The zero-order valence-corrected chi connectivity index (χ0v) is 12.4. The Morgan fingerprint density at radius 3 is 2.62 bits per heavy atom. The highest BCUT2D eigenvalue weighted by Crippen LogP contribution is 2.34. The molecule has 1 aliphatic carbocycles. The molecule has 0 spiro atoms. The van der Waals surface area contributed by atoms with Crippen molar-refractivity contribution in [3.8, 4) is 0 Å². The summed E-state index contributed by atoms with van der Waals surface area (Å²) in [6.07, 6.45) is 1.66. The molecule has 0 bridgehead atoms. The Balaban J connectivity index is 2.31. The molecule has 4 nitrogen and oxygen atoms in total. The molecule has 0 atom stereocenters. The van der Waals surface area contributed by atoms with Gasteiger partial charge in [-0.2, -0.15) is 0 Å². The Hall–Kier alpha value is -1.76. The van der Waals surface area contributed by atoms with Gasteiger partial charge in [-0.05, 0) is 31.9 Å². The molecule has 1 aromatic rings. The van der Waals surface area contributed by atoms with Crippen LogP contribution in [0.1, 0.15) is 25.3 Å². The number of benzene rings is 1. The van der Waals surface area contributed by atoms with Crippen molar-refractivity contribution in [3.63, 3.8) is 0 Å². The van der Waals surface area contributed by atoms with E-state index >= 15 is 0 Å². The Kier molecular flexibility index (Phi) is 4.72. The molecule has 0 aromatic heterocycles. The van der Waals surface area contributed by atoms with E-state index < -0.39 is 17.6 Å². The van der Waals surface area contributed by atoms with E-state index in [0.717, 1.165) is 12.8 Å². The van der Waals surface area contributed by atoms with Crippen molar-refractivity contribution in [2.45, 2.75) is 25.8 Å². The summed E-state index contributed by atoms with van der Waals surface area (Å²) in [4.78, 5) is 12.9. The van der Waals surface area contributed by atoms with E-state index in [1.807, 2.05) is 0 Å². The highest BCUT2D eigenvalue weighted by molar-refractivity contribution is 7.80. The second-order valence-electron chi connectivity index (χ2n) is 4.79. The maximum atomic E-state index is 14.2. The molecule has 0 aliphatic heterocycles. The van der Waals surface area contributed by atoms with Gasteiger partial charge < -0.3 is 15.4 Å². The lowest BCUT2D eigenvalue weighted by atomic mass is 10.1. The van der Waals surface area contributed by atoms with Crippen molar-refractivity contribution in [2.24, 2.45) is 5.73 Å². The fraction of sp³-hybridized carbons (Fsp3) is 0.429. The molecular weight excluding hydrogens is 298 g/mol. The molecule has 2 rings (SSSR count). The molecular formula is C14H16F2N2O2S. The van der Waals surface area contributed by atoms with Gasteiger partial charge in [-0.1, -0.05) is 12.2 Å². The SMILES string of the molecule is CCOC(=O)CN(c1ccc(C(N)=S)c(F)c1F)C1CC1. The van der Waals surface area contributed by atoms with Crippen molar-refractivity contribution in [1.29, 1.82) is 0 Å². The molecule has 1 saturated carbocycles. The normalized spacial score (nSPS) is 13.9. The van der Waals surface area contributed by atoms with Crippen LogP contribution in [0.2, 0.25) is 0 Å². The number of nitrogens with two attached hydrogens (primary N) is 1. The molecule has 0 heterocycles. The third-order valence-electron chi connectivity index (χ3n) is 3.23. The van der Waals surface area contributed by atoms with Crippen LogP contribution in [0.25, 0.3) is 0 Å². The number of hydrogen-bond acceptors (Lipinski definition) is 4. The number of ether oxygens (including phenoxy) is 1. The molecule has 0 radical (unpaired) electrons. The minimum Gasteiger partial charge on any atom is -0.465 e. The summed E-state index contributed by atoms with van der Waals surface area (Å²) in [7, 11) is 0. The summed E-state index contributed by atoms with van der Waals surface area (Å²) in [6, 6.07) is 2.75. The largest absolute Gasteiger partial charge is 0.465 e. The molecule has 114 valence electrons. The Morgan fingerprint density at radius 1 is 1.43 bits per heavy atom. The molecule has 0 saturated heterocycles. The molecule has 1 fully saturated rings. The first-order valence-corrected chi connectivity index (χ1v) is 7.06. The summed E-state index contributed by atoms with van der Waals surface area (Å²) < 4.78 is 33.0. The van der Waals surface area contributed by atoms with Crippen LogP contribution in [0.4, 0.5) is 14.5 Å². The topological polar surface area (TPSA) is 55.6 Å². The Labute approximate surface area is 126 Å². The number of thiocarbonyl (C=S) groups is 1. The monoisotopic (exact) mass is 314 g/mol. The third kappa shape index (κ3) is 3.47. The summed E-state index contributed by atoms with van der Waals surface area (Å²) in [5.41, 5.74) is 5.23. The summed E-state index contributed by atoms with van der Waals surface area (Å²) in [5, 5.41) is 0. The number of hydrogen-bond donors (Lipinski definition) is 1. The number of nitrogens with zero attached hydrogens (tertiary/aromatic N) is 1. The molecule has 0 unspecified atom stereocenters. The van der Waals surface area contributed by atoms with Crippen LogP contribution in [0.5, 0.6) is 0 Å². The van der Waals surface area contributed by atoms with Crippen LogP contribution in [0.15, 0.2) is 12.1 Å². The summed E-state index contributed by atoms with van der Waals surface area (Å²) in [5.74, 6) is -2.60. The minimum absolute atomic E-state index is 0.0268. The predicted octanol–water partition coefficient (Wildman–Crippen LogP) is 2.13. The van der Waals surface area contributed by atoms with Gasteiger partial charge in [0, 0.05) is 11.6 Å². The van der Waals surface area contributed by atoms with Gasteiger partial charge in [0.1, 0.15) is 11.5 Å². The van der Waals surface area contributed by atoms with E-state index in [4.69, 9.17) is 10.5 Å². The standard InChI is InChI=1S/C14H16F2N2O2S/c1-2-20-11(19)7-18(8-3-4-8)10-6-5-9(14(17)21)12(15)13(10)16/h5-6,8H,2-4,7H2,1H3,(H2,17,21). The van der Waals surface area contributed by atoms with Gasteiger partial charge in [0.15, 0.2) is 11.6 Å². The zero-order chi connectivity index (χ0) is 15.6. The molecule has 1 aliphatic rings. The van der Waals surface area contributed by atoms with Crippen molar-refractivity contribution in [2.75, 3.05) is 18.1 Å². The van der Waals surface area contributed by atoms with E-state index in [-0.39, 0.29) is 35.4 Å². The number of halogens is 2. The maximum absolute atomic E-state index is 14.2. The quantitative estimate of drug-likeness (QED) is 0.644. The van der Waals surface area contributed by atoms with Crippen molar-refractivity contribution in [1.82, 2.24) is 0 Å². The second kappa shape index (κ2) is 6.34. The van der Waals surface area contributed by atoms with Gasteiger partial charge >= 0.3 is 5.97 Å². The van der Waals surface area contributed by atoms with E-state index in [9.17, 15) is 13.6 Å². The number of esters is 1. The Morgan fingerprint density at radius 2 is 2.10 bits per heavy atom. The van der Waals surface area contributed by atoms with Crippen LogP contribution in [-0.2, 0) is 9.53 Å². The first-order chi connectivity index (χ1) is 9.95. The van der Waals surface area contributed by atoms with Gasteiger partial charge in [0.05, 0.1) is 12.3 Å². The lowest BCUT2D eigenvalue weighted by Gasteiger charge is -2.24. The summed E-state index contributed by atoms with van der Waals surface area (Å²) in [6.45, 7) is 1.83. The third-order valence-corrected chi connectivity index (χ3v) is 3.45. The maximum Gasteiger partial charge on any atom is 0.325 e. The fourth-order valence-electron chi connectivity index (χ4n) is 2.09. The predicted molar refractivity (Wildman–Crippen MR) is 79.2 cm³/mol. The van der Waals surface area contributed by atoms with Gasteiger partial charge in [-0.25, -0.2) is 8.78 Å². The van der Waals surface area contributed by atoms with Crippen LogP contribution < -0.4 is 10.6 Å². The van der Waals surface area contributed by atoms with E-state index in [0.29, 0.717) is 0 Å². The van der Waals surface area contributed by atoms with Crippen molar-refractivity contribution >= 4 is 28.9 Å². The van der Waals surface area contributed by atoms with E-state index in [2.05, 4.69) is 12.2 Å². The van der Waals surface area contributed by atoms with Gasteiger partial charge in [0.2, 0.25) is 0 Å². The number of carbonyl (C=O) groups excluding carboxylic acids is 1. The molecule has 2 N–H and O–H groups in total. The second-order valence-corrected chi connectivity index (χ2v) is 5.23. The summed E-state index contributed by atoms with van der Waals surface area (Å²) >= 11 is 4.67. The van der Waals surface area contributed by atoms with Crippen LogP contribution >= 0.6 is 12.2 Å². The van der Waals surface area contributed by atoms with E-state index in [1.165, 1.54) is 17.0 Å². The lowest BCUT2D eigenvalue weighted by Crippen LogP contribution is -2.34. The van der Waals surface area contributed by atoms with E-state index in [1.54, 1.807) is 6.92 Å². The Bertz CT molecular complexity index is 576. The molecule has 1 aromatic carbocycles. The number of carbonyl (C=O) groups is 1. The fourth-order valence-corrected chi connectivity index (χ4v) is 2.25. The first kappa shape index (κ1) is 15.6. The molecule has 7 heteroatoms. The molecule has 21 heavy (non-hydrogen) atoms. The number of rotatable bonds is 6. The zero-order valence-electron chi connectivity index (χ0n) is 11.6. The van der Waals surface area contributed by atoms with Gasteiger partial charge in [-0.3, -0.25) is 4.79 Å².